The van der Waals surface area contributed by atoms with E-state index >= 15 is 0 Å². The number of ether oxygens (including phenoxy) is 3. The molecule has 0 aliphatic rings. The van der Waals surface area contributed by atoms with E-state index in [1.54, 1.807) is 6.07 Å². The zero-order valence-corrected chi connectivity index (χ0v) is 14.7. The largest absolute Gasteiger partial charge is 0.490 e. The molecule has 0 spiro atoms. The second kappa shape index (κ2) is 10.2. The average molecular weight is 352 g/mol. The number of carbonyl (C=O) groups is 3. The SMILES string of the molecule is CCCCOc1ccc(C(=O)OC(C)C(=O)NC(N)=O)cc1OCC. The standard InChI is InChI=1S/C17H24N2O6/c1-4-6-9-24-13-8-7-12(10-14(13)23-5-2)16(21)25-11(3)15(20)19-17(18)22/h7-8,10-11H,4-6,9H2,1-3H3,(H3,18,19,20,22). The van der Waals surface area contributed by atoms with Crippen LogP contribution in [0.3, 0.4) is 0 Å². The summed E-state index contributed by atoms with van der Waals surface area (Å²) in [5, 5.41) is 1.85. The van der Waals surface area contributed by atoms with Gasteiger partial charge in [-0.25, -0.2) is 9.59 Å². The fraction of sp³-hybridized carbons (Fsp3) is 0.471. The lowest BCUT2D eigenvalue weighted by Crippen LogP contribution is -2.42. The number of hydrogen-bond donors (Lipinski definition) is 2. The fourth-order valence-corrected chi connectivity index (χ4v) is 1.85. The third-order valence-corrected chi connectivity index (χ3v) is 3.13. The minimum atomic E-state index is -1.17. The number of nitrogens with one attached hydrogen (secondary N) is 1. The van der Waals surface area contributed by atoms with Gasteiger partial charge >= 0.3 is 12.0 Å². The lowest BCUT2D eigenvalue weighted by atomic mass is 10.2. The molecule has 0 fully saturated rings. The summed E-state index contributed by atoms with van der Waals surface area (Å²) in [6.07, 6.45) is 0.734. The van der Waals surface area contributed by atoms with Gasteiger partial charge < -0.3 is 19.9 Å². The predicted molar refractivity (Wildman–Crippen MR) is 90.6 cm³/mol. The molecule has 0 heterocycles. The van der Waals surface area contributed by atoms with Crippen LogP contribution in [0.5, 0.6) is 11.5 Å². The number of hydrogen-bond acceptors (Lipinski definition) is 6. The Morgan fingerprint density at radius 2 is 1.88 bits per heavy atom. The van der Waals surface area contributed by atoms with Gasteiger partial charge in [-0.05, 0) is 38.5 Å². The number of primary amides is 1. The van der Waals surface area contributed by atoms with Gasteiger partial charge in [0.25, 0.3) is 5.91 Å². The van der Waals surface area contributed by atoms with E-state index in [0.29, 0.717) is 24.7 Å². The Morgan fingerprint density at radius 1 is 1.16 bits per heavy atom. The molecule has 1 atom stereocenters. The van der Waals surface area contributed by atoms with Gasteiger partial charge in [0.15, 0.2) is 17.6 Å². The first-order chi connectivity index (χ1) is 11.9. The summed E-state index contributed by atoms with van der Waals surface area (Å²) < 4.78 is 16.1. The quantitative estimate of drug-likeness (QED) is 0.518. The van der Waals surface area contributed by atoms with Crippen molar-refractivity contribution >= 4 is 17.9 Å². The topological polar surface area (TPSA) is 117 Å². The monoisotopic (exact) mass is 352 g/mol. The molecule has 1 unspecified atom stereocenters. The van der Waals surface area contributed by atoms with Crippen molar-refractivity contribution in [3.8, 4) is 11.5 Å². The van der Waals surface area contributed by atoms with E-state index in [2.05, 4.69) is 6.92 Å². The number of carbonyl (C=O) groups excluding carboxylic acids is 3. The third kappa shape index (κ3) is 6.70. The molecule has 25 heavy (non-hydrogen) atoms. The first-order valence-electron chi connectivity index (χ1n) is 8.09. The maximum atomic E-state index is 12.2. The highest BCUT2D eigenvalue weighted by atomic mass is 16.5. The van der Waals surface area contributed by atoms with E-state index in [1.165, 1.54) is 19.1 Å². The van der Waals surface area contributed by atoms with Crippen LogP contribution in [0.15, 0.2) is 18.2 Å². The van der Waals surface area contributed by atoms with Crippen LogP contribution in [0.1, 0.15) is 44.0 Å². The molecule has 8 heteroatoms. The number of imide groups is 1. The molecule has 1 aromatic carbocycles. The summed E-state index contributed by atoms with van der Waals surface area (Å²) in [5.74, 6) is -0.577. The van der Waals surface area contributed by atoms with Crippen molar-refractivity contribution in [1.82, 2.24) is 5.32 Å². The van der Waals surface area contributed by atoms with E-state index in [0.717, 1.165) is 12.8 Å². The van der Waals surface area contributed by atoms with E-state index in [1.807, 2.05) is 12.2 Å². The zero-order valence-electron chi connectivity index (χ0n) is 14.7. The first-order valence-corrected chi connectivity index (χ1v) is 8.09. The molecule has 3 amide bonds. The lowest BCUT2D eigenvalue weighted by molar-refractivity contribution is -0.127. The highest BCUT2D eigenvalue weighted by Gasteiger charge is 2.21. The summed E-state index contributed by atoms with van der Waals surface area (Å²) in [5.41, 5.74) is 5.05. The van der Waals surface area contributed by atoms with E-state index < -0.39 is 24.0 Å². The number of esters is 1. The maximum Gasteiger partial charge on any atom is 0.339 e. The Hall–Kier alpha value is -2.77. The van der Waals surface area contributed by atoms with Crippen LogP contribution in [-0.4, -0.2) is 37.2 Å². The Labute approximate surface area is 146 Å². The third-order valence-electron chi connectivity index (χ3n) is 3.13. The molecule has 0 radical (unpaired) electrons. The van der Waals surface area contributed by atoms with Crippen LogP contribution in [0.2, 0.25) is 0 Å². The van der Waals surface area contributed by atoms with Crippen molar-refractivity contribution in [3.63, 3.8) is 0 Å². The Bertz CT molecular complexity index is 617. The molecule has 0 saturated heterocycles. The Balaban J connectivity index is 2.82. The number of rotatable bonds is 9. The molecule has 138 valence electrons. The molecular formula is C17H24N2O6. The summed E-state index contributed by atoms with van der Waals surface area (Å²) in [7, 11) is 0. The van der Waals surface area contributed by atoms with Gasteiger partial charge in [0.05, 0.1) is 18.8 Å². The smallest absolute Gasteiger partial charge is 0.339 e. The van der Waals surface area contributed by atoms with Gasteiger partial charge in [0.1, 0.15) is 0 Å². The maximum absolute atomic E-state index is 12.2. The highest BCUT2D eigenvalue weighted by Crippen LogP contribution is 2.29. The molecule has 3 N–H and O–H groups in total. The Morgan fingerprint density at radius 3 is 2.48 bits per heavy atom. The zero-order chi connectivity index (χ0) is 18.8. The Kier molecular flexibility index (Phi) is 8.25. The highest BCUT2D eigenvalue weighted by molar-refractivity contribution is 5.98. The summed E-state index contributed by atoms with van der Waals surface area (Å²) in [6.45, 7) is 6.16. The first kappa shape index (κ1) is 20.3. The molecule has 0 aliphatic heterocycles. The number of nitrogens with two attached hydrogens (primary N) is 1. The number of amides is 3. The second-order valence-electron chi connectivity index (χ2n) is 5.20. The fourth-order valence-electron chi connectivity index (χ4n) is 1.85. The van der Waals surface area contributed by atoms with Crippen molar-refractivity contribution in [2.45, 2.75) is 39.7 Å². The van der Waals surface area contributed by atoms with Gasteiger partial charge in [-0.2, -0.15) is 0 Å². The van der Waals surface area contributed by atoms with Gasteiger partial charge in [-0.3, -0.25) is 10.1 Å². The molecule has 0 saturated carbocycles. The molecule has 0 aromatic heterocycles. The van der Waals surface area contributed by atoms with Gasteiger partial charge in [0, 0.05) is 0 Å². The van der Waals surface area contributed by atoms with Crippen molar-refractivity contribution in [1.29, 1.82) is 0 Å². The molecule has 8 nitrogen and oxygen atoms in total. The van der Waals surface area contributed by atoms with E-state index in [-0.39, 0.29) is 5.56 Å². The van der Waals surface area contributed by atoms with Crippen LogP contribution in [0.25, 0.3) is 0 Å². The van der Waals surface area contributed by atoms with Crippen molar-refractivity contribution in [2.24, 2.45) is 5.73 Å². The van der Waals surface area contributed by atoms with Crippen LogP contribution in [0, 0.1) is 0 Å². The van der Waals surface area contributed by atoms with Gasteiger partial charge in [-0.1, -0.05) is 13.3 Å². The van der Waals surface area contributed by atoms with E-state index in [4.69, 9.17) is 19.9 Å². The minimum Gasteiger partial charge on any atom is -0.490 e. The number of unbranched alkanes of at least 4 members (excludes halogenated alkanes) is 1. The van der Waals surface area contributed by atoms with Crippen molar-refractivity contribution in [3.05, 3.63) is 23.8 Å². The molecule has 0 bridgehead atoms. The minimum absolute atomic E-state index is 0.199. The summed E-state index contributed by atoms with van der Waals surface area (Å²) in [4.78, 5) is 34.4. The van der Waals surface area contributed by atoms with Crippen LogP contribution >= 0.6 is 0 Å². The number of urea groups is 1. The summed E-state index contributed by atoms with van der Waals surface area (Å²) in [6, 6.07) is 3.61. The van der Waals surface area contributed by atoms with Gasteiger partial charge in [-0.15, -0.1) is 0 Å². The van der Waals surface area contributed by atoms with Crippen LogP contribution in [0.4, 0.5) is 4.79 Å². The average Bonchev–Trinajstić information content (AvgIpc) is 2.55. The van der Waals surface area contributed by atoms with Crippen LogP contribution < -0.4 is 20.5 Å². The normalized spacial score (nSPS) is 11.3. The molecule has 0 aliphatic carbocycles. The molecule has 1 rings (SSSR count). The molecule has 1 aromatic rings. The predicted octanol–water partition coefficient (Wildman–Crippen LogP) is 2.00. The summed E-state index contributed by atoms with van der Waals surface area (Å²) >= 11 is 0. The number of benzene rings is 1. The van der Waals surface area contributed by atoms with Gasteiger partial charge in [0.2, 0.25) is 0 Å². The van der Waals surface area contributed by atoms with Crippen LogP contribution in [-0.2, 0) is 9.53 Å². The second-order valence-corrected chi connectivity index (χ2v) is 5.20. The lowest BCUT2D eigenvalue weighted by Gasteiger charge is -2.15. The molecular weight excluding hydrogens is 328 g/mol. The van der Waals surface area contributed by atoms with E-state index in [9.17, 15) is 14.4 Å². The van der Waals surface area contributed by atoms with Crippen molar-refractivity contribution < 1.29 is 28.6 Å². The van der Waals surface area contributed by atoms with Crippen molar-refractivity contribution in [2.75, 3.05) is 13.2 Å².